The molecule has 1 aromatic rings. The molecule has 4 heteroatoms. The van der Waals surface area contributed by atoms with Crippen molar-refractivity contribution in [3.05, 3.63) is 29.8 Å². The van der Waals surface area contributed by atoms with Crippen molar-refractivity contribution in [1.29, 1.82) is 0 Å². The molecule has 0 aliphatic rings. The molecular weight excluding hydrogens is 218 g/mol. The third kappa shape index (κ3) is 5.68. The van der Waals surface area contributed by atoms with Gasteiger partial charge in [0.25, 0.3) is 0 Å². The molecule has 1 unspecified atom stereocenters. The molecule has 0 aliphatic heterocycles. The maximum atomic E-state index is 9.16. The van der Waals surface area contributed by atoms with Crippen LogP contribution in [0.2, 0.25) is 0 Å². The Hall–Kier alpha value is -1.10. The van der Waals surface area contributed by atoms with Crippen molar-refractivity contribution < 1.29 is 14.6 Å². The van der Waals surface area contributed by atoms with Crippen LogP contribution in [0.3, 0.4) is 0 Å². The smallest absolute Gasteiger partial charge is 0.123 e. The van der Waals surface area contributed by atoms with E-state index in [0.717, 1.165) is 11.3 Å². The maximum Gasteiger partial charge on any atom is 0.123 e. The van der Waals surface area contributed by atoms with Crippen LogP contribution in [0.5, 0.6) is 5.75 Å². The lowest BCUT2D eigenvalue weighted by Crippen LogP contribution is -2.24. The number of aliphatic hydroxyl groups is 1. The Morgan fingerprint density at radius 3 is 2.76 bits per heavy atom. The fraction of sp³-hybridized carbons (Fsp3) is 0.538. The van der Waals surface area contributed by atoms with Crippen molar-refractivity contribution in [2.24, 2.45) is 0 Å². The van der Waals surface area contributed by atoms with Gasteiger partial charge >= 0.3 is 0 Å². The zero-order chi connectivity index (χ0) is 12.5. The highest BCUT2D eigenvalue weighted by Crippen LogP contribution is 2.17. The monoisotopic (exact) mass is 239 g/mol. The first-order valence-corrected chi connectivity index (χ1v) is 5.82. The Labute approximate surface area is 103 Å². The lowest BCUT2D eigenvalue weighted by Gasteiger charge is -2.12. The molecule has 0 radical (unpaired) electrons. The molecule has 0 amide bonds. The number of nitrogens with one attached hydrogen (secondary N) is 1. The zero-order valence-corrected chi connectivity index (χ0v) is 10.5. The van der Waals surface area contributed by atoms with Gasteiger partial charge in [0.1, 0.15) is 12.4 Å². The SMILES string of the molecule is COCCOc1ccccc1CNCC(C)O. The first-order valence-electron chi connectivity index (χ1n) is 5.82. The molecule has 0 spiro atoms. The van der Waals surface area contributed by atoms with Crippen molar-refractivity contribution >= 4 is 0 Å². The van der Waals surface area contributed by atoms with Gasteiger partial charge in [0.05, 0.1) is 12.7 Å². The van der Waals surface area contributed by atoms with Crippen molar-refractivity contribution in [2.75, 3.05) is 26.9 Å². The summed E-state index contributed by atoms with van der Waals surface area (Å²) in [5.41, 5.74) is 1.09. The van der Waals surface area contributed by atoms with Crippen LogP contribution in [0.25, 0.3) is 0 Å². The average molecular weight is 239 g/mol. The van der Waals surface area contributed by atoms with Gasteiger partial charge in [-0.2, -0.15) is 0 Å². The standard InChI is InChI=1S/C13H21NO3/c1-11(15)9-14-10-12-5-3-4-6-13(12)17-8-7-16-2/h3-6,11,14-15H,7-10H2,1-2H3. The highest BCUT2D eigenvalue weighted by Gasteiger charge is 2.03. The summed E-state index contributed by atoms with van der Waals surface area (Å²) in [7, 11) is 1.65. The van der Waals surface area contributed by atoms with Gasteiger partial charge in [-0.05, 0) is 13.0 Å². The van der Waals surface area contributed by atoms with Gasteiger partial charge in [0, 0.05) is 25.8 Å². The highest BCUT2D eigenvalue weighted by atomic mass is 16.5. The second kappa shape index (κ2) is 8.06. The van der Waals surface area contributed by atoms with Crippen LogP contribution in [0, 0.1) is 0 Å². The summed E-state index contributed by atoms with van der Waals surface area (Å²) in [6, 6.07) is 7.87. The van der Waals surface area contributed by atoms with E-state index in [-0.39, 0.29) is 6.10 Å². The number of para-hydroxylation sites is 1. The van der Waals surface area contributed by atoms with E-state index in [1.165, 1.54) is 0 Å². The number of hydrogen-bond donors (Lipinski definition) is 2. The fourth-order valence-corrected chi connectivity index (χ4v) is 1.44. The molecule has 1 atom stereocenters. The van der Waals surface area contributed by atoms with E-state index >= 15 is 0 Å². The third-order valence-corrected chi connectivity index (χ3v) is 2.27. The molecule has 1 aromatic carbocycles. The van der Waals surface area contributed by atoms with Gasteiger partial charge in [-0.25, -0.2) is 0 Å². The predicted molar refractivity (Wildman–Crippen MR) is 67.2 cm³/mol. The van der Waals surface area contributed by atoms with Crippen molar-refractivity contribution in [3.8, 4) is 5.75 Å². The van der Waals surface area contributed by atoms with E-state index in [0.29, 0.717) is 26.3 Å². The number of methoxy groups -OCH3 is 1. The second-order valence-corrected chi connectivity index (χ2v) is 3.93. The lowest BCUT2D eigenvalue weighted by atomic mass is 10.2. The molecular formula is C13H21NO3. The number of benzene rings is 1. The van der Waals surface area contributed by atoms with E-state index in [9.17, 15) is 0 Å². The summed E-state index contributed by atoms with van der Waals surface area (Å²) in [5, 5.41) is 12.3. The first kappa shape index (κ1) is 14.0. The quantitative estimate of drug-likeness (QED) is 0.669. The molecule has 0 fully saturated rings. The van der Waals surface area contributed by atoms with Gasteiger partial charge in [-0.3, -0.25) is 0 Å². The van der Waals surface area contributed by atoms with Crippen LogP contribution in [-0.4, -0.2) is 38.1 Å². The summed E-state index contributed by atoms with van der Waals surface area (Å²) >= 11 is 0. The van der Waals surface area contributed by atoms with Crippen molar-refractivity contribution in [1.82, 2.24) is 5.32 Å². The molecule has 0 heterocycles. The minimum atomic E-state index is -0.337. The van der Waals surface area contributed by atoms with Crippen LogP contribution in [-0.2, 0) is 11.3 Å². The van der Waals surface area contributed by atoms with E-state index < -0.39 is 0 Å². The Morgan fingerprint density at radius 2 is 2.06 bits per heavy atom. The summed E-state index contributed by atoms with van der Waals surface area (Å²) in [5.74, 6) is 0.864. The predicted octanol–water partition coefficient (Wildman–Crippen LogP) is 1.18. The van der Waals surface area contributed by atoms with Crippen LogP contribution in [0.15, 0.2) is 24.3 Å². The molecule has 0 bridgehead atoms. The van der Waals surface area contributed by atoms with Crippen molar-refractivity contribution in [2.45, 2.75) is 19.6 Å². The van der Waals surface area contributed by atoms with Crippen LogP contribution < -0.4 is 10.1 Å². The Balaban J connectivity index is 2.46. The van der Waals surface area contributed by atoms with Gasteiger partial charge in [-0.15, -0.1) is 0 Å². The van der Waals surface area contributed by atoms with Crippen LogP contribution in [0.1, 0.15) is 12.5 Å². The number of hydrogen-bond acceptors (Lipinski definition) is 4. The van der Waals surface area contributed by atoms with E-state index in [2.05, 4.69) is 5.32 Å². The molecule has 4 nitrogen and oxygen atoms in total. The third-order valence-electron chi connectivity index (χ3n) is 2.27. The molecule has 2 N–H and O–H groups in total. The van der Waals surface area contributed by atoms with E-state index in [1.807, 2.05) is 24.3 Å². The van der Waals surface area contributed by atoms with Crippen molar-refractivity contribution in [3.63, 3.8) is 0 Å². The fourth-order valence-electron chi connectivity index (χ4n) is 1.44. The maximum absolute atomic E-state index is 9.16. The molecule has 0 aliphatic carbocycles. The summed E-state index contributed by atoms with van der Waals surface area (Å²) in [4.78, 5) is 0. The first-order chi connectivity index (χ1) is 8.24. The minimum Gasteiger partial charge on any atom is -0.491 e. The van der Waals surface area contributed by atoms with E-state index in [1.54, 1.807) is 14.0 Å². The lowest BCUT2D eigenvalue weighted by molar-refractivity contribution is 0.145. The van der Waals surface area contributed by atoms with Gasteiger partial charge < -0.3 is 19.9 Å². The summed E-state index contributed by atoms with van der Waals surface area (Å²) in [6.07, 6.45) is -0.337. The van der Waals surface area contributed by atoms with Gasteiger partial charge in [0.2, 0.25) is 0 Å². The number of ether oxygens (including phenoxy) is 2. The average Bonchev–Trinajstić information content (AvgIpc) is 2.31. The Bertz CT molecular complexity index is 315. The van der Waals surface area contributed by atoms with Crippen LogP contribution in [0.4, 0.5) is 0 Å². The number of aliphatic hydroxyl groups excluding tert-OH is 1. The Morgan fingerprint density at radius 1 is 1.29 bits per heavy atom. The minimum absolute atomic E-state index is 0.337. The molecule has 0 saturated carbocycles. The second-order valence-electron chi connectivity index (χ2n) is 3.93. The van der Waals surface area contributed by atoms with Gasteiger partial charge in [0.15, 0.2) is 0 Å². The summed E-state index contributed by atoms with van der Waals surface area (Å²) < 4.78 is 10.5. The highest BCUT2D eigenvalue weighted by molar-refractivity contribution is 5.33. The van der Waals surface area contributed by atoms with Gasteiger partial charge in [-0.1, -0.05) is 18.2 Å². The zero-order valence-electron chi connectivity index (χ0n) is 10.5. The molecule has 0 saturated heterocycles. The number of rotatable bonds is 8. The largest absolute Gasteiger partial charge is 0.491 e. The van der Waals surface area contributed by atoms with E-state index in [4.69, 9.17) is 14.6 Å². The molecule has 1 rings (SSSR count). The molecule has 96 valence electrons. The Kier molecular flexibility index (Phi) is 6.62. The molecule has 17 heavy (non-hydrogen) atoms. The topological polar surface area (TPSA) is 50.7 Å². The summed E-state index contributed by atoms with van der Waals surface area (Å²) in [6.45, 7) is 4.15. The van der Waals surface area contributed by atoms with Crippen LogP contribution >= 0.6 is 0 Å². The normalized spacial score (nSPS) is 12.4. The molecule has 0 aromatic heterocycles.